The molecule has 114 valence electrons. The molecule has 0 radical (unpaired) electrons. The van der Waals surface area contributed by atoms with Crippen LogP contribution in [0.1, 0.15) is 32.1 Å². The van der Waals surface area contributed by atoms with E-state index in [1.807, 2.05) is 0 Å². The minimum Gasteiger partial charge on any atom is -0.483 e. The van der Waals surface area contributed by atoms with E-state index in [1.165, 1.54) is 0 Å². The summed E-state index contributed by atoms with van der Waals surface area (Å²) in [5, 5.41) is 11.1. The Kier molecular flexibility index (Phi) is 3.65. The van der Waals surface area contributed by atoms with Gasteiger partial charge in [0.1, 0.15) is 11.9 Å². The molecule has 7 heteroatoms. The van der Waals surface area contributed by atoms with Gasteiger partial charge in [-0.15, -0.1) is 0 Å². The molecule has 2 aliphatic rings. The Morgan fingerprint density at radius 3 is 2.67 bits per heavy atom. The predicted octanol–water partition coefficient (Wildman–Crippen LogP) is 3.54. The van der Waals surface area contributed by atoms with E-state index in [2.05, 4.69) is 15.9 Å². The normalized spacial score (nSPS) is 26.6. The van der Waals surface area contributed by atoms with E-state index in [-0.39, 0.29) is 33.5 Å². The number of rotatable bonds is 3. The molecule has 1 spiro atoms. The first-order valence-corrected chi connectivity index (χ1v) is 7.79. The van der Waals surface area contributed by atoms with Gasteiger partial charge in [-0.05, 0) is 28.8 Å². The highest BCUT2D eigenvalue weighted by Gasteiger charge is 2.56. The highest BCUT2D eigenvalue weighted by Crippen LogP contribution is 2.54. The Labute approximate surface area is 129 Å². The van der Waals surface area contributed by atoms with Gasteiger partial charge < -0.3 is 10.5 Å². The number of nitro groups is 1. The summed E-state index contributed by atoms with van der Waals surface area (Å²) < 4.78 is 19.5. The zero-order chi connectivity index (χ0) is 15.2. The van der Waals surface area contributed by atoms with Crippen molar-refractivity contribution < 1.29 is 14.1 Å². The Morgan fingerprint density at radius 2 is 2.10 bits per heavy atom. The van der Waals surface area contributed by atoms with Gasteiger partial charge in [-0.2, -0.15) is 0 Å². The average Bonchev–Trinajstić information content (AvgIpc) is 2.94. The van der Waals surface area contributed by atoms with Gasteiger partial charge in [-0.1, -0.05) is 12.8 Å². The number of ether oxygens (including phenoxy) is 1. The number of benzene rings is 1. The van der Waals surface area contributed by atoms with Crippen LogP contribution in [0.3, 0.4) is 0 Å². The van der Waals surface area contributed by atoms with Gasteiger partial charge in [0.05, 0.1) is 9.40 Å². The topological polar surface area (TPSA) is 78.4 Å². The van der Waals surface area contributed by atoms with E-state index in [1.54, 1.807) is 0 Å². The predicted molar refractivity (Wildman–Crippen MR) is 78.7 cm³/mol. The third kappa shape index (κ3) is 2.32. The van der Waals surface area contributed by atoms with E-state index in [9.17, 15) is 14.5 Å². The van der Waals surface area contributed by atoms with Crippen molar-refractivity contribution in [3.63, 3.8) is 0 Å². The third-order valence-corrected chi connectivity index (χ3v) is 5.46. The quantitative estimate of drug-likeness (QED) is 0.662. The monoisotopic (exact) mass is 358 g/mol. The molecule has 0 saturated heterocycles. The summed E-state index contributed by atoms with van der Waals surface area (Å²) in [5.74, 6) is -0.580. The summed E-state index contributed by atoms with van der Waals surface area (Å²) in [5.41, 5.74) is 5.81. The van der Waals surface area contributed by atoms with Crippen LogP contribution in [0.2, 0.25) is 0 Å². The molecule has 2 N–H and O–H groups in total. The van der Waals surface area contributed by atoms with Crippen LogP contribution in [0.4, 0.5) is 10.1 Å². The minimum absolute atomic E-state index is 0.0103. The Morgan fingerprint density at radius 1 is 1.43 bits per heavy atom. The van der Waals surface area contributed by atoms with Crippen molar-refractivity contribution >= 4 is 21.6 Å². The fourth-order valence-electron chi connectivity index (χ4n) is 3.58. The van der Waals surface area contributed by atoms with Crippen molar-refractivity contribution in [1.82, 2.24) is 0 Å². The third-order valence-electron chi connectivity index (χ3n) is 4.85. The van der Waals surface area contributed by atoms with Gasteiger partial charge >= 0.3 is 5.69 Å². The van der Waals surface area contributed by atoms with Gasteiger partial charge in [0, 0.05) is 30.0 Å². The van der Waals surface area contributed by atoms with Crippen molar-refractivity contribution in [3.8, 4) is 5.75 Å². The molecule has 1 aromatic carbocycles. The molecule has 0 bridgehead atoms. The van der Waals surface area contributed by atoms with E-state index < -0.39 is 10.7 Å². The second-order valence-electron chi connectivity index (χ2n) is 5.88. The van der Waals surface area contributed by atoms with E-state index in [4.69, 9.17) is 10.5 Å². The summed E-state index contributed by atoms with van der Waals surface area (Å²) in [6.45, 7) is 0. The van der Waals surface area contributed by atoms with Crippen molar-refractivity contribution in [2.75, 3.05) is 0 Å². The molecule has 2 atom stereocenters. The highest BCUT2D eigenvalue weighted by molar-refractivity contribution is 9.10. The van der Waals surface area contributed by atoms with Crippen molar-refractivity contribution in [3.05, 3.63) is 32.5 Å². The largest absolute Gasteiger partial charge is 0.483 e. The SMILES string of the molecule is NC1CC(Oc2cc(F)c(Br)cc2[N+](=O)[O-])C12CCCC2. The maximum Gasteiger partial charge on any atom is 0.312 e. The first-order chi connectivity index (χ1) is 9.94. The molecule has 5 nitrogen and oxygen atoms in total. The van der Waals surface area contributed by atoms with Crippen LogP contribution in [0, 0.1) is 21.3 Å². The summed E-state index contributed by atoms with van der Waals surface area (Å²) >= 11 is 2.96. The zero-order valence-corrected chi connectivity index (χ0v) is 12.9. The lowest BCUT2D eigenvalue weighted by Gasteiger charge is -2.51. The fourth-order valence-corrected chi connectivity index (χ4v) is 3.91. The van der Waals surface area contributed by atoms with E-state index in [0.717, 1.165) is 37.8 Å². The number of nitrogens with two attached hydrogens (primary N) is 1. The molecule has 0 aliphatic heterocycles. The fraction of sp³-hybridized carbons (Fsp3) is 0.571. The zero-order valence-electron chi connectivity index (χ0n) is 11.4. The number of hydrogen-bond acceptors (Lipinski definition) is 4. The number of halogens is 2. The molecule has 2 saturated carbocycles. The summed E-state index contributed by atoms with van der Waals surface area (Å²) in [6, 6.07) is 2.29. The number of nitrogens with zero attached hydrogens (tertiary/aromatic N) is 1. The van der Waals surface area contributed by atoms with Crippen LogP contribution in [-0.4, -0.2) is 17.1 Å². The minimum atomic E-state index is -0.570. The number of hydrogen-bond donors (Lipinski definition) is 1. The summed E-state index contributed by atoms with van der Waals surface area (Å²) in [6.07, 6.45) is 4.66. The summed E-state index contributed by atoms with van der Waals surface area (Å²) in [7, 11) is 0. The molecule has 0 heterocycles. The van der Waals surface area contributed by atoms with Crippen LogP contribution in [0.25, 0.3) is 0 Å². The Hall–Kier alpha value is -1.21. The van der Waals surface area contributed by atoms with Crippen LogP contribution < -0.4 is 10.5 Å². The van der Waals surface area contributed by atoms with Crippen molar-refractivity contribution in [2.45, 2.75) is 44.2 Å². The Balaban J connectivity index is 1.88. The lowest BCUT2D eigenvalue weighted by Crippen LogP contribution is -2.62. The molecular weight excluding hydrogens is 343 g/mol. The van der Waals surface area contributed by atoms with E-state index in [0.29, 0.717) is 6.42 Å². The second-order valence-corrected chi connectivity index (χ2v) is 6.73. The van der Waals surface area contributed by atoms with E-state index >= 15 is 0 Å². The maximum atomic E-state index is 13.7. The number of nitro benzene ring substituents is 1. The van der Waals surface area contributed by atoms with Crippen molar-refractivity contribution in [2.24, 2.45) is 11.1 Å². The second kappa shape index (κ2) is 5.21. The maximum absolute atomic E-state index is 13.7. The van der Waals surface area contributed by atoms with Crippen LogP contribution in [0.5, 0.6) is 5.75 Å². The van der Waals surface area contributed by atoms with Crippen LogP contribution >= 0.6 is 15.9 Å². The lowest BCUT2D eigenvalue weighted by atomic mass is 9.61. The smallest absolute Gasteiger partial charge is 0.312 e. The van der Waals surface area contributed by atoms with Gasteiger partial charge in [0.15, 0.2) is 5.75 Å². The van der Waals surface area contributed by atoms with Gasteiger partial charge in [-0.25, -0.2) is 4.39 Å². The first-order valence-electron chi connectivity index (χ1n) is 7.00. The highest BCUT2D eigenvalue weighted by atomic mass is 79.9. The first kappa shape index (κ1) is 14.7. The molecule has 2 aliphatic carbocycles. The van der Waals surface area contributed by atoms with Gasteiger partial charge in [-0.3, -0.25) is 10.1 Å². The Bertz CT molecular complexity index is 590. The molecule has 2 unspecified atom stereocenters. The molecule has 2 fully saturated rings. The molecule has 0 aromatic heterocycles. The summed E-state index contributed by atoms with van der Waals surface area (Å²) in [4.78, 5) is 10.6. The average molecular weight is 359 g/mol. The van der Waals surface area contributed by atoms with Crippen LogP contribution in [-0.2, 0) is 0 Å². The molecule has 0 amide bonds. The van der Waals surface area contributed by atoms with Gasteiger partial charge in [0.2, 0.25) is 0 Å². The lowest BCUT2D eigenvalue weighted by molar-refractivity contribution is -0.386. The standard InChI is InChI=1S/C14H16BrFN2O3/c15-8-5-10(18(19)20)11(6-9(8)16)21-13-7-12(17)14(13)3-1-2-4-14/h5-6,12-13H,1-4,7,17H2. The molecular formula is C14H16BrFN2O3. The molecule has 3 rings (SSSR count). The van der Waals surface area contributed by atoms with Crippen LogP contribution in [0.15, 0.2) is 16.6 Å². The van der Waals surface area contributed by atoms with Gasteiger partial charge in [0.25, 0.3) is 0 Å². The van der Waals surface area contributed by atoms with Crippen molar-refractivity contribution in [1.29, 1.82) is 0 Å². The molecule has 21 heavy (non-hydrogen) atoms. The molecule has 1 aromatic rings.